The van der Waals surface area contributed by atoms with Gasteiger partial charge in [-0.1, -0.05) is 21.6 Å². The number of nitrogens with zero attached hydrogens (tertiary/aromatic N) is 4. The summed E-state index contributed by atoms with van der Waals surface area (Å²) in [7, 11) is 3.50. The van der Waals surface area contributed by atoms with Gasteiger partial charge in [0.1, 0.15) is 0 Å². The first-order chi connectivity index (χ1) is 16.7. The molecule has 2 aromatic heterocycles. The van der Waals surface area contributed by atoms with Gasteiger partial charge in [0.15, 0.2) is 0 Å². The van der Waals surface area contributed by atoms with E-state index in [1.807, 2.05) is 21.5 Å². The minimum Gasteiger partial charge on any atom is -0.374 e. The summed E-state index contributed by atoms with van der Waals surface area (Å²) in [4.78, 5) is 32.1. The average molecular weight is 511 g/mol. The Morgan fingerprint density at radius 2 is 1.29 bits per heavy atom. The van der Waals surface area contributed by atoms with Crippen molar-refractivity contribution in [1.29, 1.82) is 0 Å². The molecule has 1 fully saturated rings. The molecule has 0 aliphatic carbocycles. The smallest absolute Gasteiger partial charge is 0.222 e. The van der Waals surface area contributed by atoms with Crippen molar-refractivity contribution in [3.8, 4) is 0 Å². The molecule has 0 spiro atoms. The van der Waals surface area contributed by atoms with Crippen LogP contribution in [0.4, 0.5) is 0 Å². The normalized spacial score (nSPS) is 18.0. The van der Waals surface area contributed by atoms with Crippen LogP contribution in [0.1, 0.15) is 25.7 Å². The summed E-state index contributed by atoms with van der Waals surface area (Å²) < 4.78 is 15.9. The third-order valence-corrected chi connectivity index (χ3v) is 7.65. The van der Waals surface area contributed by atoms with E-state index in [1.165, 1.54) is 0 Å². The molecular weight excluding hydrogens is 476 g/mol. The third kappa shape index (κ3) is 10.5. The van der Waals surface area contributed by atoms with Gasteiger partial charge in [-0.25, -0.2) is 9.97 Å². The molecule has 1 saturated heterocycles. The summed E-state index contributed by atoms with van der Waals surface area (Å²) in [5.41, 5.74) is 0. The Balaban J connectivity index is 1.21. The van der Waals surface area contributed by atoms with Crippen LogP contribution in [0.2, 0.25) is 0 Å². The molecule has 1 aliphatic heterocycles. The van der Waals surface area contributed by atoms with E-state index in [2.05, 4.69) is 20.6 Å². The number of carbonyl (C=O) groups excluding carboxylic acids is 2. The van der Waals surface area contributed by atoms with Crippen LogP contribution >= 0.6 is 21.6 Å². The van der Waals surface area contributed by atoms with E-state index >= 15 is 0 Å². The average Bonchev–Trinajstić information content (AvgIpc) is 3.55. The molecule has 0 aromatic carbocycles. The lowest BCUT2D eigenvalue weighted by atomic mass is 10.2. The van der Waals surface area contributed by atoms with Crippen LogP contribution < -0.4 is 10.6 Å². The number of carbonyl (C=O) groups is 2. The fourth-order valence-corrected chi connectivity index (χ4v) is 5.82. The Kier molecular flexibility index (Phi) is 12.4. The van der Waals surface area contributed by atoms with E-state index in [-0.39, 0.29) is 24.0 Å². The van der Waals surface area contributed by atoms with Gasteiger partial charge in [0, 0.05) is 75.3 Å². The fourth-order valence-electron chi connectivity index (χ4n) is 3.36. The summed E-state index contributed by atoms with van der Waals surface area (Å²) in [6, 6.07) is 0. The minimum absolute atomic E-state index is 0.00866. The zero-order valence-corrected chi connectivity index (χ0v) is 21.0. The van der Waals surface area contributed by atoms with Gasteiger partial charge in [-0.15, -0.1) is 0 Å². The van der Waals surface area contributed by atoms with Gasteiger partial charge in [0.2, 0.25) is 11.8 Å². The molecule has 3 rings (SSSR count). The highest BCUT2D eigenvalue weighted by Gasteiger charge is 2.28. The molecule has 0 saturated carbocycles. The summed E-state index contributed by atoms with van der Waals surface area (Å²) in [5.74, 6) is 1.60. The summed E-state index contributed by atoms with van der Waals surface area (Å²) in [5, 5.41) is 5.85. The summed E-state index contributed by atoms with van der Waals surface area (Å²) in [6.45, 7) is 3.64. The molecule has 2 amide bonds. The van der Waals surface area contributed by atoms with Crippen molar-refractivity contribution in [2.24, 2.45) is 0 Å². The predicted molar refractivity (Wildman–Crippen MR) is 133 cm³/mol. The van der Waals surface area contributed by atoms with Crippen LogP contribution in [-0.2, 0) is 32.2 Å². The predicted octanol–water partition coefficient (Wildman–Crippen LogP) is 1.74. The van der Waals surface area contributed by atoms with Gasteiger partial charge in [-0.05, 0) is 12.8 Å². The Bertz CT molecular complexity index is 753. The molecule has 2 aromatic rings. The molecule has 188 valence electrons. The molecule has 3 heterocycles. The SMILES string of the molecule is O=C(CCO[C@@H]1CSSC[C@H]1OCCC(=O)NCCCn1ccnc1)NCCCn1ccnc1. The maximum Gasteiger partial charge on any atom is 0.222 e. The van der Waals surface area contributed by atoms with Crippen LogP contribution in [0.15, 0.2) is 37.4 Å². The van der Waals surface area contributed by atoms with Crippen molar-refractivity contribution in [2.45, 2.75) is 51.0 Å². The number of hydrogen-bond acceptors (Lipinski definition) is 8. The van der Waals surface area contributed by atoms with E-state index in [4.69, 9.17) is 9.47 Å². The second-order valence-electron chi connectivity index (χ2n) is 7.90. The van der Waals surface area contributed by atoms with Crippen LogP contribution in [0.5, 0.6) is 0 Å². The summed E-state index contributed by atoms with van der Waals surface area (Å²) in [6.07, 6.45) is 13.1. The molecule has 10 nitrogen and oxygen atoms in total. The zero-order chi connectivity index (χ0) is 23.8. The minimum atomic E-state index is -0.0708. The van der Waals surface area contributed by atoms with E-state index in [0.29, 0.717) is 39.1 Å². The number of imidazole rings is 2. The maximum absolute atomic E-state index is 12.0. The number of aryl methyl sites for hydroxylation is 2. The molecule has 0 unspecified atom stereocenters. The molecule has 12 heteroatoms. The second kappa shape index (κ2) is 15.8. The monoisotopic (exact) mass is 510 g/mol. The number of hydrogen-bond donors (Lipinski definition) is 2. The standard InChI is InChI=1S/C22H34N6O4S2/c29-21(25-5-1-9-27-11-7-23-17-27)3-13-31-19-15-33-34-16-20(19)32-14-4-22(30)26-6-2-10-28-12-8-24-18-28/h7-8,11-12,17-20H,1-6,9-10,13-16H2,(H,25,29)(H,26,30)/t19-,20-/m1/s1. The number of aromatic nitrogens is 4. The first-order valence-electron chi connectivity index (χ1n) is 11.6. The number of nitrogens with one attached hydrogen (secondary N) is 2. The van der Waals surface area contributed by atoms with Crippen molar-refractivity contribution >= 4 is 33.4 Å². The Morgan fingerprint density at radius 3 is 1.71 bits per heavy atom. The molecule has 0 bridgehead atoms. The van der Waals surface area contributed by atoms with Crippen LogP contribution in [-0.4, -0.2) is 80.9 Å². The lowest BCUT2D eigenvalue weighted by molar-refractivity contribution is -0.126. The largest absolute Gasteiger partial charge is 0.374 e. The quantitative estimate of drug-likeness (QED) is 0.259. The highest BCUT2D eigenvalue weighted by atomic mass is 33.1. The lowest BCUT2D eigenvalue weighted by Gasteiger charge is -2.30. The van der Waals surface area contributed by atoms with Crippen molar-refractivity contribution in [3.63, 3.8) is 0 Å². The highest BCUT2D eigenvalue weighted by molar-refractivity contribution is 8.76. The molecule has 34 heavy (non-hydrogen) atoms. The maximum atomic E-state index is 12.0. The highest BCUT2D eigenvalue weighted by Crippen LogP contribution is 2.32. The first-order valence-corrected chi connectivity index (χ1v) is 14.1. The van der Waals surface area contributed by atoms with Crippen LogP contribution in [0, 0.1) is 0 Å². The van der Waals surface area contributed by atoms with E-state index in [0.717, 1.165) is 37.4 Å². The van der Waals surface area contributed by atoms with Gasteiger partial charge in [0.05, 0.1) is 38.1 Å². The van der Waals surface area contributed by atoms with Crippen molar-refractivity contribution < 1.29 is 19.1 Å². The summed E-state index contributed by atoms with van der Waals surface area (Å²) >= 11 is 0. The van der Waals surface area contributed by atoms with Crippen LogP contribution in [0.3, 0.4) is 0 Å². The Labute approximate surface area is 208 Å². The molecule has 0 radical (unpaired) electrons. The first kappa shape index (κ1) is 26.6. The Morgan fingerprint density at radius 1 is 0.824 bits per heavy atom. The fraction of sp³-hybridized carbons (Fsp3) is 0.636. The second-order valence-corrected chi connectivity index (χ2v) is 10.4. The topological polar surface area (TPSA) is 112 Å². The molecule has 2 atom stereocenters. The van der Waals surface area contributed by atoms with Gasteiger partial charge in [-0.3, -0.25) is 9.59 Å². The van der Waals surface area contributed by atoms with Crippen molar-refractivity contribution in [1.82, 2.24) is 29.7 Å². The number of ether oxygens (including phenoxy) is 2. The van der Waals surface area contributed by atoms with Crippen molar-refractivity contribution in [2.75, 3.05) is 37.8 Å². The molecule has 1 aliphatic rings. The van der Waals surface area contributed by atoms with Gasteiger partial charge in [-0.2, -0.15) is 0 Å². The van der Waals surface area contributed by atoms with E-state index < -0.39 is 0 Å². The number of rotatable bonds is 16. The lowest BCUT2D eigenvalue weighted by Crippen LogP contribution is -2.39. The third-order valence-electron chi connectivity index (χ3n) is 5.23. The number of amides is 2. The molecular formula is C22H34N6O4S2. The van der Waals surface area contributed by atoms with E-state index in [9.17, 15) is 9.59 Å². The van der Waals surface area contributed by atoms with Gasteiger partial charge >= 0.3 is 0 Å². The van der Waals surface area contributed by atoms with Gasteiger partial charge < -0.3 is 29.2 Å². The molecule has 2 N–H and O–H groups in total. The van der Waals surface area contributed by atoms with Crippen molar-refractivity contribution in [3.05, 3.63) is 37.4 Å². The zero-order valence-electron chi connectivity index (χ0n) is 19.3. The van der Waals surface area contributed by atoms with E-state index in [1.54, 1.807) is 46.6 Å². The van der Waals surface area contributed by atoms with Crippen LogP contribution in [0.25, 0.3) is 0 Å². The van der Waals surface area contributed by atoms with Gasteiger partial charge in [0.25, 0.3) is 0 Å². The Hall–Kier alpha value is -2.02.